The van der Waals surface area contributed by atoms with Crippen molar-refractivity contribution in [3.8, 4) is 0 Å². The Morgan fingerprint density at radius 3 is 2.67 bits per heavy atom. The maximum absolute atomic E-state index is 10.0. The molecule has 0 amide bonds. The quantitative estimate of drug-likeness (QED) is 0.579. The van der Waals surface area contributed by atoms with Gasteiger partial charge in [-0.3, -0.25) is 0 Å². The molecule has 5 heteroatoms. The lowest BCUT2D eigenvalue weighted by atomic mass is 10.6. The highest BCUT2D eigenvalue weighted by Crippen LogP contribution is 1.92. The molecule has 5 nitrogen and oxygen atoms in total. The molecule has 9 heavy (non-hydrogen) atoms. The lowest BCUT2D eigenvalue weighted by Crippen LogP contribution is -1.97. The van der Waals surface area contributed by atoms with Crippen molar-refractivity contribution in [1.29, 1.82) is 0 Å². The Morgan fingerprint density at radius 2 is 2.44 bits per heavy atom. The first-order valence-electron chi connectivity index (χ1n) is 2.24. The van der Waals surface area contributed by atoms with Crippen molar-refractivity contribution in [2.75, 3.05) is 0 Å². The van der Waals surface area contributed by atoms with E-state index in [2.05, 4.69) is 14.7 Å². The van der Waals surface area contributed by atoms with E-state index in [1.165, 1.54) is 6.92 Å². The Labute approximate surface area is 50.3 Å². The van der Waals surface area contributed by atoms with Gasteiger partial charge in [-0.1, -0.05) is 0 Å². The van der Waals surface area contributed by atoms with Gasteiger partial charge in [0.05, 0.1) is 0 Å². The van der Waals surface area contributed by atoms with Crippen LogP contribution in [0.4, 0.5) is 0 Å². The molecule has 0 radical (unpaired) electrons. The van der Waals surface area contributed by atoms with E-state index >= 15 is 0 Å². The topological polar surface area (TPSA) is 76.2 Å². The number of carbonyl (C=O) groups is 1. The van der Waals surface area contributed by atoms with Gasteiger partial charge in [0.25, 0.3) is 5.82 Å². The Balaban J connectivity index is 2.98. The van der Waals surface area contributed by atoms with Gasteiger partial charge in [0.2, 0.25) is 5.89 Å². The predicted octanol–water partition coefficient (Wildman–Crippen LogP) is 0.0762. The number of carboxylic acid groups (broad SMARTS) is 1. The van der Waals surface area contributed by atoms with Crippen LogP contribution < -0.4 is 0 Å². The lowest BCUT2D eigenvalue weighted by molar-refractivity contribution is 0.0680. The smallest absolute Gasteiger partial charge is 0.377 e. The zero-order valence-electron chi connectivity index (χ0n) is 4.66. The van der Waals surface area contributed by atoms with Crippen LogP contribution in [0.25, 0.3) is 0 Å². The van der Waals surface area contributed by atoms with Crippen molar-refractivity contribution in [3.05, 3.63) is 11.7 Å². The number of aromatic nitrogens is 2. The monoisotopic (exact) mass is 128 g/mol. The SMILES string of the molecule is Cc1nc(C(=O)O)no1. The molecule has 1 N–H and O–H groups in total. The van der Waals surface area contributed by atoms with Crippen LogP contribution in [0, 0.1) is 6.92 Å². The van der Waals surface area contributed by atoms with Crippen molar-refractivity contribution in [3.63, 3.8) is 0 Å². The van der Waals surface area contributed by atoms with Gasteiger partial charge in [-0.25, -0.2) is 4.79 Å². The van der Waals surface area contributed by atoms with Crippen molar-refractivity contribution in [2.45, 2.75) is 6.92 Å². The zero-order valence-corrected chi connectivity index (χ0v) is 4.66. The summed E-state index contributed by atoms with van der Waals surface area (Å²) >= 11 is 0. The van der Waals surface area contributed by atoms with Crippen LogP contribution >= 0.6 is 0 Å². The van der Waals surface area contributed by atoms with Crippen LogP contribution in [-0.2, 0) is 0 Å². The van der Waals surface area contributed by atoms with E-state index in [-0.39, 0.29) is 11.7 Å². The number of aryl methyl sites for hydroxylation is 1. The van der Waals surface area contributed by atoms with Crippen LogP contribution in [-0.4, -0.2) is 21.2 Å². The Hall–Kier alpha value is -1.39. The van der Waals surface area contributed by atoms with Crippen molar-refractivity contribution < 1.29 is 14.4 Å². The molecular weight excluding hydrogens is 124 g/mol. The zero-order chi connectivity index (χ0) is 6.85. The highest BCUT2D eigenvalue weighted by atomic mass is 16.5. The second kappa shape index (κ2) is 1.85. The van der Waals surface area contributed by atoms with Gasteiger partial charge in [0.15, 0.2) is 0 Å². The van der Waals surface area contributed by atoms with Crippen LogP contribution in [0.5, 0.6) is 0 Å². The van der Waals surface area contributed by atoms with Gasteiger partial charge >= 0.3 is 5.97 Å². The molecule has 48 valence electrons. The van der Waals surface area contributed by atoms with Crippen molar-refractivity contribution in [2.24, 2.45) is 0 Å². The molecule has 0 spiro atoms. The molecule has 1 aromatic rings. The summed E-state index contributed by atoms with van der Waals surface area (Å²) in [5.74, 6) is -1.22. The molecular formula is C4H4N2O3. The fourth-order valence-corrected chi connectivity index (χ4v) is 0.386. The van der Waals surface area contributed by atoms with Gasteiger partial charge < -0.3 is 9.63 Å². The molecule has 0 atom stereocenters. The molecule has 0 aliphatic carbocycles. The summed E-state index contributed by atoms with van der Waals surface area (Å²) in [5, 5.41) is 11.3. The van der Waals surface area contributed by atoms with Crippen molar-refractivity contribution in [1.82, 2.24) is 10.1 Å². The number of hydrogen-bond acceptors (Lipinski definition) is 4. The molecule has 0 saturated carbocycles. The van der Waals surface area contributed by atoms with E-state index in [0.717, 1.165) is 0 Å². The van der Waals surface area contributed by atoms with E-state index in [1.54, 1.807) is 0 Å². The molecule has 0 unspecified atom stereocenters. The summed E-state index contributed by atoms with van der Waals surface area (Å²) in [6.07, 6.45) is 0. The third-order valence-corrected chi connectivity index (χ3v) is 0.719. The number of rotatable bonds is 1. The number of nitrogens with zero attached hydrogens (tertiary/aromatic N) is 2. The van der Waals surface area contributed by atoms with E-state index in [0.29, 0.717) is 0 Å². The Kier molecular flexibility index (Phi) is 1.18. The average molecular weight is 128 g/mol. The third-order valence-electron chi connectivity index (χ3n) is 0.719. The van der Waals surface area contributed by atoms with Crippen LogP contribution in [0.15, 0.2) is 4.52 Å². The third kappa shape index (κ3) is 1.04. The Morgan fingerprint density at radius 1 is 1.78 bits per heavy atom. The summed E-state index contributed by atoms with van der Waals surface area (Å²) in [6, 6.07) is 0. The first kappa shape index (κ1) is 5.74. The predicted molar refractivity (Wildman–Crippen MR) is 26.0 cm³/mol. The first-order chi connectivity index (χ1) is 4.20. The highest BCUT2D eigenvalue weighted by Gasteiger charge is 2.08. The molecule has 0 saturated heterocycles. The molecule has 0 aliphatic rings. The van der Waals surface area contributed by atoms with Gasteiger partial charge in [-0.2, -0.15) is 4.98 Å². The fraction of sp³-hybridized carbons (Fsp3) is 0.250. The van der Waals surface area contributed by atoms with Crippen LogP contribution in [0.1, 0.15) is 16.5 Å². The number of carboxylic acids is 1. The minimum atomic E-state index is -1.17. The second-order valence-electron chi connectivity index (χ2n) is 1.44. The van der Waals surface area contributed by atoms with E-state index < -0.39 is 5.97 Å². The van der Waals surface area contributed by atoms with Crippen molar-refractivity contribution >= 4 is 5.97 Å². The van der Waals surface area contributed by atoms with Gasteiger partial charge in [-0.15, -0.1) is 0 Å². The normalized spacial score (nSPS) is 9.44. The molecule has 1 heterocycles. The molecule has 0 fully saturated rings. The van der Waals surface area contributed by atoms with Gasteiger partial charge in [-0.05, 0) is 5.16 Å². The molecule has 0 bridgehead atoms. The molecule has 0 aromatic carbocycles. The Bertz CT molecular complexity index is 229. The fourth-order valence-electron chi connectivity index (χ4n) is 0.386. The minimum absolute atomic E-state index is 0.257. The maximum atomic E-state index is 10.0. The van der Waals surface area contributed by atoms with Gasteiger partial charge in [0, 0.05) is 6.92 Å². The highest BCUT2D eigenvalue weighted by molar-refractivity contribution is 5.82. The molecule has 0 aliphatic heterocycles. The average Bonchev–Trinajstić information content (AvgIpc) is 2.14. The summed E-state index contributed by atoms with van der Waals surface area (Å²) in [4.78, 5) is 13.5. The van der Waals surface area contributed by atoms with Crippen LogP contribution in [0.3, 0.4) is 0 Å². The number of aromatic carboxylic acids is 1. The summed E-state index contributed by atoms with van der Waals surface area (Å²) in [5.41, 5.74) is 0. The molecule has 1 aromatic heterocycles. The van der Waals surface area contributed by atoms with E-state index in [1.807, 2.05) is 0 Å². The standard InChI is InChI=1S/C4H4N2O3/c1-2-5-3(4(7)8)6-9-2/h1H3,(H,7,8). The minimum Gasteiger partial charge on any atom is -0.475 e. The van der Waals surface area contributed by atoms with Crippen LogP contribution in [0.2, 0.25) is 0 Å². The van der Waals surface area contributed by atoms with E-state index in [9.17, 15) is 4.79 Å². The molecule has 1 rings (SSSR count). The van der Waals surface area contributed by atoms with E-state index in [4.69, 9.17) is 5.11 Å². The summed E-state index contributed by atoms with van der Waals surface area (Å²) in [7, 11) is 0. The maximum Gasteiger partial charge on any atom is 0.377 e. The lowest BCUT2D eigenvalue weighted by Gasteiger charge is -1.74. The largest absolute Gasteiger partial charge is 0.475 e. The number of hydrogen-bond donors (Lipinski definition) is 1. The summed E-state index contributed by atoms with van der Waals surface area (Å²) < 4.78 is 4.38. The second-order valence-corrected chi connectivity index (χ2v) is 1.44. The summed E-state index contributed by atoms with van der Waals surface area (Å²) in [6.45, 7) is 1.53. The first-order valence-corrected chi connectivity index (χ1v) is 2.24. The van der Waals surface area contributed by atoms with Gasteiger partial charge in [0.1, 0.15) is 0 Å².